The first kappa shape index (κ1) is 7.92. The van der Waals surface area contributed by atoms with Crippen molar-refractivity contribution in [2.75, 3.05) is 0 Å². The van der Waals surface area contributed by atoms with Gasteiger partial charge in [0.2, 0.25) is 0 Å². The van der Waals surface area contributed by atoms with E-state index in [0.29, 0.717) is 5.57 Å². The summed E-state index contributed by atoms with van der Waals surface area (Å²) in [5, 5.41) is 0. The Kier molecular flexibility index (Phi) is 2.78. The summed E-state index contributed by atoms with van der Waals surface area (Å²) in [6, 6.07) is 0. The van der Waals surface area contributed by atoms with E-state index >= 15 is 0 Å². The second kappa shape index (κ2) is 3.86. The van der Waals surface area contributed by atoms with E-state index in [1.165, 1.54) is 0 Å². The zero-order valence-electron chi connectivity index (χ0n) is 6.58. The molecule has 1 aliphatic rings. The van der Waals surface area contributed by atoms with E-state index in [0.717, 1.165) is 12.8 Å². The van der Waals surface area contributed by atoms with E-state index in [1.807, 2.05) is 12.2 Å². The van der Waals surface area contributed by atoms with Crippen molar-refractivity contribution in [3.05, 3.63) is 23.9 Å². The van der Waals surface area contributed by atoms with Gasteiger partial charge in [-0.15, -0.1) is 0 Å². The lowest BCUT2D eigenvalue weighted by atomic mass is 10.1. The largest absolute Gasteiger partial charge is 0.294 e. The molecule has 0 N–H and O–H groups in total. The summed E-state index contributed by atoms with van der Waals surface area (Å²) in [5.74, 6) is 0.0871. The van der Waals surface area contributed by atoms with E-state index in [2.05, 4.69) is 4.99 Å². The number of ketones is 1. The van der Waals surface area contributed by atoms with Gasteiger partial charge < -0.3 is 0 Å². The number of carbonyl (C=O) groups is 1. The van der Waals surface area contributed by atoms with Crippen LogP contribution in [0.25, 0.3) is 0 Å². The van der Waals surface area contributed by atoms with Gasteiger partial charge in [-0.05, 0) is 19.8 Å². The molecule has 0 aromatic heterocycles. The molecule has 0 amide bonds. The number of allylic oxidation sites excluding steroid dienone is 3. The van der Waals surface area contributed by atoms with Crippen molar-refractivity contribution in [2.24, 2.45) is 4.99 Å². The average molecular weight is 149 g/mol. The van der Waals surface area contributed by atoms with Crippen LogP contribution in [0.5, 0.6) is 0 Å². The van der Waals surface area contributed by atoms with Crippen molar-refractivity contribution in [1.82, 2.24) is 0 Å². The van der Waals surface area contributed by atoms with Gasteiger partial charge in [0.15, 0.2) is 5.78 Å². The Morgan fingerprint density at radius 2 is 2.36 bits per heavy atom. The molecule has 0 aliphatic carbocycles. The fourth-order valence-electron chi connectivity index (χ4n) is 0.881. The highest BCUT2D eigenvalue weighted by atomic mass is 16.1. The van der Waals surface area contributed by atoms with Gasteiger partial charge in [0.1, 0.15) is 0 Å². The van der Waals surface area contributed by atoms with Crippen LogP contribution in [-0.2, 0) is 4.79 Å². The van der Waals surface area contributed by atoms with Crippen LogP contribution < -0.4 is 0 Å². The van der Waals surface area contributed by atoms with Gasteiger partial charge >= 0.3 is 0 Å². The Bertz CT molecular complexity index is 236. The van der Waals surface area contributed by atoms with Crippen LogP contribution >= 0.6 is 0 Å². The molecule has 1 heterocycles. The number of aliphatic imine (C=N–C) groups is 1. The van der Waals surface area contributed by atoms with Gasteiger partial charge in [-0.25, -0.2) is 0 Å². The number of Topliss-reactive ketones (excluding diaryl/α,β-unsaturated/α-hetero) is 1. The molecule has 0 radical (unpaired) electrons. The zero-order valence-corrected chi connectivity index (χ0v) is 6.58. The quantitative estimate of drug-likeness (QED) is 0.559. The van der Waals surface area contributed by atoms with E-state index in [1.54, 1.807) is 19.3 Å². The fourth-order valence-corrected chi connectivity index (χ4v) is 0.881. The van der Waals surface area contributed by atoms with Crippen LogP contribution in [0, 0.1) is 0 Å². The lowest BCUT2D eigenvalue weighted by molar-refractivity contribution is -0.113. The lowest BCUT2D eigenvalue weighted by Crippen LogP contribution is -1.98. The Morgan fingerprint density at radius 1 is 1.55 bits per heavy atom. The Labute approximate surface area is 66.3 Å². The standard InChI is InChI=1S/C9H11NO/c1-8(11)9-5-3-2-4-6-10-7-9/h4-7H,2-3H2,1H3/b6-4+,9-5?,10-7?. The molecular formula is C9H11NO. The number of hydrogen-bond donors (Lipinski definition) is 0. The SMILES string of the molecule is CC(=O)C1=CCC/C=C/N=C1. The van der Waals surface area contributed by atoms with E-state index in [9.17, 15) is 4.79 Å². The van der Waals surface area contributed by atoms with Gasteiger partial charge in [0.05, 0.1) is 0 Å². The van der Waals surface area contributed by atoms with E-state index in [4.69, 9.17) is 0 Å². The summed E-state index contributed by atoms with van der Waals surface area (Å²) in [6.07, 6.45) is 9.15. The third-order valence-corrected chi connectivity index (χ3v) is 1.51. The highest BCUT2D eigenvalue weighted by Gasteiger charge is 1.98. The first-order valence-electron chi connectivity index (χ1n) is 3.70. The molecule has 0 aromatic rings. The minimum atomic E-state index is 0.0871. The average Bonchev–Trinajstić information content (AvgIpc) is 1.84. The second-order valence-corrected chi connectivity index (χ2v) is 2.46. The third kappa shape index (κ3) is 2.50. The predicted octanol–water partition coefficient (Wildman–Crippen LogP) is 1.88. The van der Waals surface area contributed by atoms with Crippen LogP contribution in [0.1, 0.15) is 19.8 Å². The molecule has 1 rings (SSSR count). The van der Waals surface area contributed by atoms with Crippen LogP contribution in [0.4, 0.5) is 0 Å². The van der Waals surface area contributed by atoms with Crippen molar-refractivity contribution in [2.45, 2.75) is 19.8 Å². The number of rotatable bonds is 1. The molecule has 2 heteroatoms. The summed E-state index contributed by atoms with van der Waals surface area (Å²) in [5.41, 5.74) is 0.717. The molecule has 0 spiro atoms. The van der Waals surface area contributed by atoms with Crippen LogP contribution in [0.3, 0.4) is 0 Å². The Morgan fingerprint density at radius 3 is 3.09 bits per heavy atom. The summed E-state index contributed by atoms with van der Waals surface area (Å²) in [7, 11) is 0. The lowest BCUT2D eigenvalue weighted by Gasteiger charge is -1.96. The summed E-state index contributed by atoms with van der Waals surface area (Å²) in [4.78, 5) is 14.8. The van der Waals surface area contributed by atoms with E-state index < -0.39 is 0 Å². The Balaban J connectivity index is 2.77. The van der Waals surface area contributed by atoms with Crippen molar-refractivity contribution >= 4 is 12.0 Å². The zero-order chi connectivity index (χ0) is 8.10. The van der Waals surface area contributed by atoms with Gasteiger partial charge in [-0.2, -0.15) is 0 Å². The van der Waals surface area contributed by atoms with Crippen molar-refractivity contribution in [1.29, 1.82) is 0 Å². The molecule has 0 saturated carbocycles. The minimum Gasteiger partial charge on any atom is -0.294 e. The highest BCUT2D eigenvalue weighted by molar-refractivity contribution is 6.12. The molecule has 58 valence electrons. The first-order chi connectivity index (χ1) is 5.30. The smallest absolute Gasteiger partial charge is 0.161 e. The molecule has 0 aromatic carbocycles. The fraction of sp³-hybridized carbons (Fsp3) is 0.333. The van der Waals surface area contributed by atoms with Gasteiger partial charge in [-0.3, -0.25) is 9.79 Å². The van der Waals surface area contributed by atoms with E-state index in [-0.39, 0.29) is 5.78 Å². The molecule has 0 fully saturated rings. The van der Waals surface area contributed by atoms with Crippen molar-refractivity contribution < 1.29 is 4.79 Å². The highest BCUT2D eigenvalue weighted by Crippen LogP contribution is 2.02. The van der Waals surface area contributed by atoms with Gasteiger partial charge in [-0.1, -0.05) is 12.2 Å². The number of carbonyl (C=O) groups excluding carboxylic acids is 1. The molecule has 11 heavy (non-hydrogen) atoms. The monoisotopic (exact) mass is 149 g/mol. The third-order valence-electron chi connectivity index (χ3n) is 1.51. The number of nitrogens with zero attached hydrogens (tertiary/aromatic N) is 1. The van der Waals surface area contributed by atoms with Crippen LogP contribution in [0.15, 0.2) is 28.9 Å². The minimum absolute atomic E-state index is 0.0871. The molecule has 0 saturated heterocycles. The molecule has 0 unspecified atom stereocenters. The molecule has 0 atom stereocenters. The maximum Gasteiger partial charge on any atom is 0.161 e. The Hall–Kier alpha value is -1.18. The predicted molar refractivity (Wildman–Crippen MR) is 45.6 cm³/mol. The van der Waals surface area contributed by atoms with Crippen LogP contribution in [-0.4, -0.2) is 12.0 Å². The first-order valence-corrected chi connectivity index (χ1v) is 3.70. The molecule has 2 nitrogen and oxygen atoms in total. The topological polar surface area (TPSA) is 29.4 Å². The summed E-state index contributed by atoms with van der Waals surface area (Å²) in [6.45, 7) is 1.56. The normalized spacial score (nSPS) is 19.9. The van der Waals surface area contributed by atoms with Crippen LogP contribution in [0.2, 0.25) is 0 Å². The molecule has 1 aliphatic heterocycles. The van der Waals surface area contributed by atoms with Crippen molar-refractivity contribution in [3.8, 4) is 0 Å². The molecular weight excluding hydrogens is 138 g/mol. The second-order valence-electron chi connectivity index (χ2n) is 2.46. The maximum absolute atomic E-state index is 10.9. The summed E-state index contributed by atoms with van der Waals surface area (Å²) < 4.78 is 0. The number of hydrogen-bond acceptors (Lipinski definition) is 2. The van der Waals surface area contributed by atoms with Gasteiger partial charge in [0, 0.05) is 18.0 Å². The van der Waals surface area contributed by atoms with Crippen molar-refractivity contribution in [3.63, 3.8) is 0 Å². The van der Waals surface area contributed by atoms with Gasteiger partial charge in [0.25, 0.3) is 0 Å². The maximum atomic E-state index is 10.9. The summed E-state index contributed by atoms with van der Waals surface area (Å²) >= 11 is 0. The molecule has 0 bridgehead atoms.